The van der Waals surface area contributed by atoms with Gasteiger partial charge in [0, 0.05) is 37.2 Å². The fourth-order valence-corrected chi connectivity index (χ4v) is 5.34. The Morgan fingerprint density at radius 1 is 0.871 bits per heavy atom. The van der Waals surface area contributed by atoms with Crippen LogP contribution in [0.15, 0.2) is 53.4 Å². The number of nitrogens with zero attached hydrogens (tertiary/aromatic N) is 2. The fourth-order valence-electron chi connectivity index (χ4n) is 3.82. The second-order valence-electron chi connectivity index (χ2n) is 7.62. The third kappa shape index (κ3) is 4.38. The van der Waals surface area contributed by atoms with E-state index in [-0.39, 0.29) is 35.1 Å². The number of hydrogen-bond donors (Lipinski definition) is 1. The van der Waals surface area contributed by atoms with Crippen LogP contribution < -0.4 is 10.2 Å². The van der Waals surface area contributed by atoms with Crippen LogP contribution in [0.5, 0.6) is 0 Å². The van der Waals surface area contributed by atoms with Crippen LogP contribution in [-0.4, -0.2) is 43.5 Å². The number of anilines is 2. The van der Waals surface area contributed by atoms with E-state index >= 15 is 0 Å². The van der Waals surface area contributed by atoms with Crippen molar-refractivity contribution in [2.24, 2.45) is 0 Å². The molecule has 2 heterocycles. The Bertz CT molecular complexity index is 1110. The van der Waals surface area contributed by atoms with E-state index in [4.69, 9.17) is 0 Å². The molecule has 2 aliphatic rings. The molecule has 2 fully saturated rings. The highest BCUT2D eigenvalue weighted by molar-refractivity contribution is 7.89. The average Bonchev–Trinajstić information content (AvgIpc) is 3.12. The van der Waals surface area contributed by atoms with E-state index in [0.29, 0.717) is 24.5 Å². The van der Waals surface area contributed by atoms with E-state index in [2.05, 4.69) is 5.32 Å². The fraction of sp³-hybridized carbons (Fsp3) is 0.318. The number of carbonyl (C=O) groups is 3. The zero-order valence-electron chi connectivity index (χ0n) is 16.9. The predicted molar refractivity (Wildman–Crippen MR) is 115 cm³/mol. The van der Waals surface area contributed by atoms with Gasteiger partial charge in [-0.25, -0.2) is 8.42 Å². The van der Waals surface area contributed by atoms with Gasteiger partial charge >= 0.3 is 0 Å². The number of piperidine rings is 1. The number of hydrogen-bond acceptors (Lipinski definition) is 5. The van der Waals surface area contributed by atoms with Crippen molar-refractivity contribution in [2.75, 3.05) is 23.3 Å². The minimum absolute atomic E-state index is 0.169. The number of amides is 3. The molecule has 162 valence electrons. The molecular formula is C22H23N3O5S. The molecule has 0 spiro atoms. The molecule has 0 unspecified atom stereocenters. The Morgan fingerprint density at radius 2 is 1.52 bits per heavy atom. The first-order chi connectivity index (χ1) is 14.9. The summed E-state index contributed by atoms with van der Waals surface area (Å²) in [6, 6.07) is 12.4. The van der Waals surface area contributed by atoms with Crippen molar-refractivity contribution >= 4 is 39.1 Å². The van der Waals surface area contributed by atoms with Gasteiger partial charge in [-0.05, 0) is 55.3 Å². The summed E-state index contributed by atoms with van der Waals surface area (Å²) in [6.07, 6.45) is 3.10. The van der Waals surface area contributed by atoms with Gasteiger partial charge < -0.3 is 5.32 Å². The van der Waals surface area contributed by atoms with E-state index in [9.17, 15) is 22.8 Å². The van der Waals surface area contributed by atoms with Crippen LogP contribution in [0, 0.1) is 0 Å². The summed E-state index contributed by atoms with van der Waals surface area (Å²) >= 11 is 0. The van der Waals surface area contributed by atoms with Crippen LogP contribution in [-0.2, 0) is 19.6 Å². The molecule has 9 heteroatoms. The minimum atomic E-state index is -3.53. The third-order valence-electron chi connectivity index (χ3n) is 5.48. The zero-order chi connectivity index (χ0) is 22.0. The van der Waals surface area contributed by atoms with Gasteiger partial charge in [-0.3, -0.25) is 19.3 Å². The monoisotopic (exact) mass is 441 g/mol. The smallest absolute Gasteiger partial charge is 0.255 e. The molecule has 2 saturated heterocycles. The molecule has 3 amide bonds. The van der Waals surface area contributed by atoms with Crippen molar-refractivity contribution in [2.45, 2.75) is 37.0 Å². The molecule has 0 atom stereocenters. The molecule has 1 N–H and O–H groups in total. The Morgan fingerprint density at radius 3 is 2.16 bits per heavy atom. The first kappa shape index (κ1) is 21.2. The topological polar surface area (TPSA) is 104 Å². The SMILES string of the molecule is O=C(Nc1ccc(S(=O)(=O)N2CCCCC2)cc1)c1cccc(N2C(=O)CCC2=O)c1. The second kappa shape index (κ2) is 8.60. The third-order valence-corrected chi connectivity index (χ3v) is 7.40. The van der Waals surface area contributed by atoms with Crippen molar-refractivity contribution in [3.63, 3.8) is 0 Å². The molecule has 0 aliphatic carbocycles. The predicted octanol–water partition coefficient (Wildman–Crippen LogP) is 2.77. The maximum Gasteiger partial charge on any atom is 0.255 e. The van der Waals surface area contributed by atoms with Gasteiger partial charge in [-0.1, -0.05) is 12.5 Å². The van der Waals surface area contributed by atoms with Gasteiger partial charge in [0.25, 0.3) is 5.91 Å². The molecule has 0 bridgehead atoms. The van der Waals surface area contributed by atoms with E-state index in [0.717, 1.165) is 24.2 Å². The zero-order valence-corrected chi connectivity index (χ0v) is 17.7. The Hall–Kier alpha value is -3.04. The van der Waals surface area contributed by atoms with Crippen LogP contribution in [0.3, 0.4) is 0 Å². The highest BCUT2D eigenvalue weighted by atomic mass is 32.2. The number of nitrogens with one attached hydrogen (secondary N) is 1. The summed E-state index contributed by atoms with van der Waals surface area (Å²) in [5.41, 5.74) is 1.10. The van der Waals surface area contributed by atoms with Gasteiger partial charge in [0.15, 0.2) is 0 Å². The van der Waals surface area contributed by atoms with E-state index in [1.54, 1.807) is 30.3 Å². The molecule has 31 heavy (non-hydrogen) atoms. The normalized spacial score (nSPS) is 17.7. The summed E-state index contributed by atoms with van der Waals surface area (Å²) in [7, 11) is -3.53. The van der Waals surface area contributed by atoms with Gasteiger partial charge in [-0.2, -0.15) is 4.31 Å². The van der Waals surface area contributed by atoms with E-state index < -0.39 is 15.9 Å². The molecule has 0 radical (unpaired) electrons. The summed E-state index contributed by atoms with van der Waals surface area (Å²) in [5.74, 6) is -0.992. The van der Waals surface area contributed by atoms with Gasteiger partial charge in [0.2, 0.25) is 21.8 Å². The van der Waals surface area contributed by atoms with Crippen LogP contribution in [0.25, 0.3) is 0 Å². The summed E-state index contributed by atoms with van der Waals surface area (Å²) < 4.78 is 27.0. The molecular weight excluding hydrogens is 418 g/mol. The quantitative estimate of drug-likeness (QED) is 0.719. The standard InChI is InChI=1S/C22H23N3O5S/c26-20-11-12-21(27)25(20)18-6-4-5-16(15-18)22(28)23-17-7-9-19(10-8-17)31(29,30)24-13-2-1-3-14-24/h4-10,15H,1-3,11-14H2,(H,23,28). The largest absolute Gasteiger partial charge is 0.322 e. The molecule has 0 saturated carbocycles. The van der Waals surface area contributed by atoms with Crippen LogP contribution in [0.2, 0.25) is 0 Å². The number of imide groups is 1. The number of sulfonamides is 1. The highest BCUT2D eigenvalue weighted by Crippen LogP contribution is 2.25. The molecule has 2 aliphatic heterocycles. The average molecular weight is 442 g/mol. The number of carbonyl (C=O) groups excluding carboxylic acids is 3. The lowest BCUT2D eigenvalue weighted by atomic mass is 10.1. The lowest BCUT2D eigenvalue weighted by Gasteiger charge is -2.25. The number of benzene rings is 2. The van der Waals surface area contributed by atoms with Crippen molar-refractivity contribution in [3.8, 4) is 0 Å². The van der Waals surface area contributed by atoms with Gasteiger partial charge in [0.1, 0.15) is 0 Å². The molecule has 4 rings (SSSR count). The molecule has 2 aromatic rings. The van der Waals surface area contributed by atoms with Crippen LogP contribution >= 0.6 is 0 Å². The van der Waals surface area contributed by atoms with Crippen molar-refractivity contribution in [3.05, 3.63) is 54.1 Å². The van der Waals surface area contributed by atoms with Crippen LogP contribution in [0.1, 0.15) is 42.5 Å². The summed E-state index contributed by atoms with van der Waals surface area (Å²) in [4.78, 5) is 37.8. The van der Waals surface area contributed by atoms with Crippen LogP contribution in [0.4, 0.5) is 11.4 Å². The molecule has 2 aromatic carbocycles. The molecule has 0 aromatic heterocycles. The minimum Gasteiger partial charge on any atom is -0.322 e. The van der Waals surface area contributed by atoms with Gasteiger partial charge in [0.05, 0.1) is 10.6 Å². The Balaban J connectivity index is 1.47. The van der Waals surface area contributed by atoms with Crippen molar-refractivity contribution in [1.29, 1.82) is 0 Å². The Kier molecular flexibility index (Phi) is 5.88. The summed E-state index contributed by atoms with van der Waals surface area (Å²) in [5, 5.41) is 2.72. The highest BCUT2D eigenvalue weighted by Gasteiger charge is 2.30. The molecule has 8 nitrogen and oxygen atoms in total. The number of rotatable bonds is 5. The van der Waals surface area contributed by atoms with Gasteiger partial charge in [-0.15, -0.1) is 0 Å². The first-order valence-corrected chi connectivity index (χ1v) is 11.7. The summed E-state index contributed by atoms with van der Waals surface area (Å²) in [6.45, 7) is 1.05. The Labute approximate surface area is 180 Å². The van der Waals surface area contributed by atoms with E-state index in [1.807, 2.05) is 0 Å². The van der Waals surface area contributed by atoms with Crippen molar-refractivity contribution in [1.82, 2.24) is 4.31 Å². The van der Waals surface area contributed by atoms with Crippen molar-refractivity contribution < 1.29 is 22.8 Å². The maximum atomic E-state index is 12.7. The second-order valence-corrected chi connectivity index (χ2v) is 9.55. The maximum absolute atomic E-state index is 12.7. The lowest BCUT2D eigenvalue weighted by Crippen LogP contribution is -2.35. The lowest BCUT2D eigenvalue weighted by molar-refractivity contribution is -0.121. The first-order valence-electron chi connectivity index (χ1n) is 10.2. The van der Waals surface area contributed by atoms with E-state index in [1.165, 1.54) is 22.5 Å².